The topological polar surface area (TPSA) is 101 Å². The molecule has 2 heterocycles. The molecule has 1 amide bonds. The van der Waals surface area contributed by atoms with Crippen molar-refractivity contribution in [1.29, 1.82) is 0 Å². The lowest BCUT2D eigenvalue weighted by atomic mass is 10.1. The van der Waals surface area contributed by atoms with Crippen molar-refractivity contribution in [2.75, 3.05) is 18.9 Å². The zero-order valence-corrected chi connectivity index (χ0v) is 18.9. The van der Waals surface area contributed by atoms with E-state index in [9.17, 15) is 9.59 Å². The molecule has 170 valence electrons. The third-order valence-corrected chi connectivity index (χ3v) is 5.00. The number of carbonyl (C=O) groups is 1. The number of benzene rings is 1. The molecule has 0 bridgehead atoms. The highest BCUT2D eigenvalue weighted by molar-refractivity contribution is 5.79. The summed E-state index contributed by atoms with van der Waals surface area (Å²) in [6, 6.07) is 13.5. The number of aliphatic imine (C=N–C) groups is 1. The van der Waals surface area contributed by atoms with Gasteiger partial charge in [0.15, 0.2) is 5.82 Å². The van der Waals surface area contributed by atoms with Gasteiger partial charge in [0, 0.05) is 56.6 Å². The van der Waals surface area contributed by atoms with Gasteiger partial charge in [-0.1, -0.05) is 36.4 Å². The molecule has 0 radical (unpaired) electrons. The van der Waals surface area contributed by atoms with Crippen LogP contribution in [0.2, 0.25) is 0 Å². The van der Waals surface area contributed by atoms with Gasteiger partial charge in [0.2, 0.25) is 5.91 Å². The zero-order chi connectivity index (χ0) is 23.5. The summed E-state index contributed by atoms with van der Waals surface area (Å²) >= 11 is 0. The van der Waals surface area contributed by atoms with Crippen molar-refractivity contribution in [3.8, 4) is 0 Å². The van der Waals surface area contributed by atoms with E-state index in [1.54, 1.807) is 32.6 Å². The highest BCUT2D eigenvalue weighted by Crippen LogP contribution is 2.10. The smallest absolute Gasteiger partial charge is 0.293 e. The predicted octanol–water partition coefficient (Wildman–Crippen LogP) is 2.63. The number of anilines is 1. The maximum absolute atomic E-state index is 12.9. The number of nitrogens with one attached hydrogen (secondary N) is 2. The Hall–Kier alpha value is -4.07. The summed E-state index contributed by atoms with van der Waals surface area (Å²) < 4.78 is 1.43. The number of hydrogen-bond acceptors (Lipinski definition) is 6. The van der Waals surface area contributed by atoms with Crippen LogP contribution in [0.5, 0.6) is 0 Å². The van der Waals surface area contributed by atoms with Crippen LogP contribution < -0.4 is 16.2 Å². The summed E-state index contributed by atoms with van der Waals surface area (Å²) in [7, 11) is 1.71. The van der Waals surface area contributed by atoms with Gasteiger partial charge in [0.1, 0.15) is 6.54 Å². The Morgan fingerprint density at radius 3 is 2.76 bits per heavy atom. The zero-order valence-electron chi connectivity index (χ0n) is 18.9. The van der Waals surface area contributed by atoms with Gasteiger partial charge >= 0.3 is 0 Å². The maximum atomic E-state index is 12.9. The molecule has 2 N–H and O–H groups in total. The number of carbonyl (C=O) groups excluding carboxylic acids is 1. The third-order valence-electron chi connectivity index (χ3n) is 5.00. The number of rotatable bonds is 10. The third kappa shape index (κ3) is 6.96. The van der Waals surface area contributed by atoms with Crippen LogP contribution in [-0.4, -0.2) is 40.2 Å². The summed E-state index contributed by atoms with van der Waals surface area (Å²) in [5.41, 5.74) is 3.19. The van der Waals surface area contributed by atoms with E-state index in [1.807, 2.05) is 54.6 Å². The number of allylic oxidation sites excluding steroid dienone is 1. The van der Waals surface area contributed by atoms with E-state index >= 15 is 0 Å². The minimum atomic E-state index is -0.326. The summed E-state index contributed by atoms with van der Waals surface area (Å²) in [6.45, 7) is 2.55. The number of pyridine rings is 1. The molecule has 1 aromatic carbocycles. The molecule has 8 heteroatoms. The Morgan fingerprint density at radius 2 is 1.97 bits per heavy atom. The molecule has 33 heavy (non-hydrogen) atoms. The van der Waals surface area contributed by atoms with Crippen molar-refractivity contribution >= 4 is 24.0 Å². The monoisotopic (exact) mass is 444 g/mol. The van der Waals surface area contributed by atoms with E-state index < -0.39 is 0 Å². The molecule has 0 saturated carbocycles. The fraction of sp³-hybridized carbons (Fsp3) is 0.240. The minimum absolute atomic E-state index is 0.0807. The normalized spacial score (nSPS) is 11.2. The largest absolute Gasteiger partial charge is 0.365 e. The number of nitrogens with zero attached hydrogens (tertiary/aromatic N) is 4. The van der Waals surface area contributed by atoms with Gasteiger partial charge < -0.3 is 10.6 Å². The lowest BCUT2D eigenvalue weighted by molar-refractivity contribution is -0.121. The van der Waals surface area contributed by atoms with Crippen LogP contribution in [0.4, 0.5) is 5.82 Å². The quantitative estimate of drug-likeness (QED) is 0.468. The molecule has 0 saturated heterocycles. The molecule has 0 atom stereocenters. The van der Waals surface area contributed by atoms with Crippen molar-refractivity contribution in [3.05, 3.63) is 93.8 Å². The van der Waals surface area contributed by atoms with E-state index in [0.29, 0.717) is 25.2 Å². The average Bonchev–Trinajstić information content (AvgIpc) is 2.83. The Bertz CT molecular complexity index is 1190. The van der Waals surface area contributed by atoms with E-state index in [0.717, 1.165) is 16.8 Å². The minimum Gasteiger partial charge on any atom is -0.365 e. The van der Waals surface area contributed by atoms with Gasteiger partial charge in [0.05, 0.1) is 0 Å². The van der Waals surface area contributed by atoms with Crippen molar-refractivity contribution < 1.29 is 4.79 Å². The lowest BCUT2D eigenvalue weighted by Crippen LogP contribution is -2.34. The first-order chi connectivity index (χ1) is 16.1. The summed E-state index contributed by atoms with van der Waals surface area (Å²) in [5, 5.41) is 5.96. The van der Waals surface area contributed by atoms with Gasteiger partial charge in [-0.05, 0) is 36.3 Å². The SMILES string of the molecule is CN=C/C=C\c1ccccc1CNC(=O)Cn1c(C)cnc(NCCc2ccccn2)c1=O. The summed E-state index contributed by atoms with van der Waals surface area (Å²) in [4.78, 5) is 37.9. The highest BCUT2D eigenvalue weighted by Gasteiger charge is 2.12. The van der Waals surface area contributed by atoms with Crippen LogP contribution in [0, 0.1) is 6.92 Å². The molecule has 0 aliphatic carbocycles. The first-order valence-corrected chi connectivity index (χ1v) is 10.7. The van der Waals surface area contributed by atoms with Gasteiger partial charge in [-0.2, -0.15) is 0 Å². The molecule has 2 aromatic heterocycles. The lowest BCUT2D eigenvalue weighted by Gasteiger charge is -2.13. The first kappa shape index (κ1) is 23.6. The van der Waals surface area contributed by atoms with Crippen molar-refractivity contribution in [2.24, 2.45) is 4.99 Å². The summed E-state index contributed by atoms with van der Waals surface area (Å²) in [5.74, 6) is -0.0304. The van der Waals surface area contributed by atoms with Crippen LogP contribution >= 0.6 is 0 Å². The molecule has 0 unspecified atom stereocenters. The van der Waals surface area contributed by atoms with Crippen molar-refractivity contribution in [3.63, 3.8) is 0 Å². The number of hydrogen-bond donors (Lipinski definition) is 2. The second-order valence-corrected chi connectivity index (χ2v) is 7.38. The molecule has 3 aromatic rings. The van der Waals surface area contributed by atoms with Crippen LogP contribution in [0.1, 0.15) is 22.5 Å². The Balaban J connectivity index is 1.62. The second-order valence-electron chi connectivity index (χ2n) is 7.38. The van der Waals surface area contributed by atoms with Crippen LogP contribution in [0.15, 0.2) is 70.7 Å². The molecule has 3 rings (SSSR count). The first-order valence-electron chi connectivity index (χ1n) is 10.7. The molecular weight excluding hydrogens is 416 g/mol. The standard InChI is InChI=1S/C25H28N6O2/c1-19-16-30-24(28-15-12-22-11-5-6-14-27-22)25(33)31(19)18-23(32)29-17-21-9-4-3-8-20(21)10-7-13-26-2/h3-11,13-14,16H,12,15,17-18H2,1-2H3,(H,28,30)(H,29,32)/b10-7-,26-13?. The second kappa shape index (κ2) is 12.1. The molecular formula is C25H28N6O2. The fourth-order valence-corrected chi connectivity index (χ4v) is 3.23. The van der Waals surface area contributed by atoms with E-state index in [4.69, 9.17) is 0 Å². The van der Waals surface area contributed by atoms with Crippen LogP contribution in [-0.2, 0) is 24.3 Å². The molecule has 0 spiro atoms. The van der Waals surface area contributed by atoms with Crippen molar-refractivity contribution in [2.45, 2.75) is 26.4 Å². The molecule has 0 fully saturated rings. The Kier molecular flexibility index (Phi) is 8.64. The fourth-order valence-electron chi connectivity index (χ4n) is 3.23. The van der Waals surface area contributed by atoms with Gasteiger partial charge in [-0.3, -0.25) is 24.1 Å². The van der Waals surface area contributed by atoms with Crippen molar-refractivity contribution in [1.82, 2.24) is 19.9 Å². The Labute approximate surface area is 193 Å². The van der Waals surface area contributed by atoms with Gasteiger partial charge in [0.25, 0.3) is 5.56 Å². The maximum Gasteiger partial charge on any atom is 0.293 e. The predicted molar refractivity (Wildman–Crippen MR) is 131 cm³/mol. The average molecular weight is 445 g/mol. The molecule has 8 nitrogen and oxygen atoms in total. The Morgan fingerprint density at radius 1 is 1.15 bits per heavy atom. The van der Waals surface area contributed by atoms with Crippen LogP contribution in [0.25, 0.3) is 6.08 Å². The number of amides is 1. The van der Waals surface area contributed by atoms with E-state index in [2.05, 4.69) is 25.6 Å². The molecule has 0 aliphatic rings. The highest BCUT2D eigenvalue weighted by atomic mass is 16.2. The van der Waals surface area contributed by atoms with E-state index in [1.165, 1.54) is 4.57 Å². The number of aromatic nitrogens is 3. The van der Waals surface area contributed by atoms with Crippen LogP contribution in [0.3, 0.4) is 0 Å². The number of aryl methyl sites for hydroxylation is 1. The van der Waals surface area contributed by atoms with E-state index in [-0.39, 0.29) is 23.8 Å². The van der Waals surface area contributed by atoms with Gasteiger partial charge in [-0.15, -0.1) is 0 Å². The summed E-state index contributed by atoms with van der Waals surface area (Å²) in [6.07, 6.45) is 9.48. The molecule has 0 aliphatic heterocycles. The van der Waals surface area contributed by atoms with Gasteiger partial charge in [-0.25, -0.2) is 4.98 Å².